The normalized spacial score (nSPS) is 20.5. The Morgan fingerprint density at radius 3 is 2.58 bits per heavy atom. The minimum Gasteiger partial charge on any atom is -0.330 e. The minimum atomic E-state index is -0.703. The van der Waals surface area contributed by atoms with Crippen LogP contribution in [0, 0.1) is 0 Å². The van der Waals surface area contributed by atoms with E-state index in [0.717, 1.165) is 24.2 Å². The first kappa shape index (κ1) is 16.3. The number of rotatable bonds is 3. The lowest BCUT2D eigenvalue weighted by atomic mass is 9.98. The average Bonchev–Trinajstić information content (AvgIpc) is 2.91. The van der Waals surface area contributed by atoms with E-state index >= 15 is 0 Å². The standard InChI is InChI=1S/C17H19N3O4/c1-19-7-10-5-12(9-21)13(6-11(10)8-19)17(24)20(2)14-3-4-15(22)18-16(14)23/h5-6,9,14H,3-4,7-8H2,1-2H3,(H,18,22,23). The van der Waals surface area contributed by atoms with Crippen LogP contribution in [0.25, 0.3) is 0 Å². The summed E-state index contributed by atoms with van der Waals surface area (Å²) in [5.74, 6) is -1.19. The Labute approximate surface area is 139 Å². The number of carbonyl (C=O) groups excluding carboxylic acids is 4. The summed E-state index contributed by atoms with van der Waals surface area (Å²) in [6, 6.07) is 2.79. The van der Waals surface area contributed by atoms with Crippen molar-refractivity contribution in [2.24, 2.45) is 0 Å². The number of carbonyl (C=O) groups is 4. The first-order valence-corrected chi connectivity index (χ1v) is 7.81. The molecule has 0 bridgehead atoms. The van der Waals surface area contributed by atoms with Crippen LogP contribution < -0.4 is 5.32 Å². The lowest BCUT2D eigenvalue weighted by Gasteiger charge is -2.30. The van der Waals surface area contributed by atoms with E-state index in [1.165, 1.54) is 11.9 Å². The third-order valence-electron chi connectivity index (χ3n) is 4.61. The van der Waals surface area contributed by atoms with Gasteiger partial charge in [0.1, 0.15) is 6.04 Å². The fourth-order valence-electron chi connectivity index (χ4n) is 3.31. The van der Waals surface area contributed by atoms with Gasteiger partial charge in [0.2, 0.25) is 11.8 Å². The highest BCUT2D eigenvalue weighted by Crippen LogP contribution is 2.26. The molecule has 0 saturated carbocycles. The van der Waals surface area contributed by atoms with Crippen LogP contribution in [-0.4, -0.2) is 53.9 Å². The van der Waals surface area contributed by atoms with Gasteiger partial charge in [-0.25, -0.2) is 0 Å². The van der Waals surface area contributed by atoms with Crippen molar-refractivity contribution in [1.29, 1.82) is 0 Å². The number of hydrogen-bond acceptors (Lipinski definition) is 5. The van der Waals surface area contributed by atoms with Gasteiger partial charge in [0, 0.05) is 32.1 Å². The molecule has 1 saturated heterocycles. The molecule has 1 aromatic carbocycles. The Morgan fingerprint density at radius 1 is 1.29 bits per heavy atom. The summed E-state index contributed by atoms with van der Waals surface area (Å²) in [4.78, 5) is 50.9. The Balaban J connectivity index is 1.89. The van der Waals surface area contributed by atoms with Crippen molar-refractivity contribution < 1.29 is 19.2 Å². The molecule has 24 heavy (non-hydrogen) atoms. The SMILES string of the molecule is CN1Cc2cc(C=O)c(C(=O)N(C)C3CCC(=O)NC3=O)cc2C1. The maximum absolute atomic E-state index is 12.8. The molecule has 2 heterocycles. The summed E-state index contributed by atoms with van der Waals surface area (Å²) in [6.07, 6.45) is 1.16. The topological polar surface area (TPSA) is 86.8 Å². The molecule has 3 rings (SSSR count). The number of hydrogen-bond donors (Lipinski definition) is 1. The van der Waals surface area contributed by atoms with E-state index in [-0.39, 0.29) is 24.7 Å². The Bertz CT molecular complexity index is 744. The van der Waals surface area contributed by atoms with E-state index in [2.05, 4.69) is 10.2 Å². The number of imide groups is 1. The van der Waals surface area contributed by atoms with E-state index in [0.29, 0.717) is 17.4 Å². The van der Waals surface area contributed by atoms with Crippen molar-refractivity contribution in [3.8, 4) is 0 Å². The summed E-state index contributed by atoms with van der Waals surface area (Å²) >= 11 is 0. The molecule has 7 heteroatoms. The zero-order chi connectivity index (χ0) is 17.4. The lowest BCUT2D eigenvalue weighted by molar-refractivity contribution is -0.136. The number of nitrogens with zero attached hydrogens (tertiary/aromatic N) is 2. The molecule has 0 aromatic heterocycles. The van der Waals surface area contributed by atoms with Crippen molar-refractivity contribution in [3.63, 3.8) is 0 Å². The van der Waals surface area contributed by atoms with Crippen LogP contribution in [-0.2, 0) is 22.7 Å². The summed E-state index contributed by atoms with van der Waals surface area (Å²) in [5.41, 5.74) is 2.68. The first-order valence-electron chi connectivity index (χ1n) is 7.81. The quantitative estimate of drug-likeness (QED) is 0.637. The molecular formula is C17H19N3O4. The fourth-order valence-corrected chi connectivity index (χ4v) is 3.31. The maximum atomic E-state index is 12.8. The van der Waals surface area contributed by atoms with Crippen molar-refractivity contribution in [3.05, 3.63) is 34.4 Å². The van der Waals surface area contributed by atoms with Crippen LogP contribution in [0.4, 0.5) is 0 Å². The highest BCUT2D eigenvalue weighted by molar-refractivity contribution is 6.06. The summed E-state index contributed by atoms with van der Waals surface area (Å²) in [7, 11) is 3.49. The molecule has 0 radical (unpaired) electrons. The van der Waals surface area contributed by atoms with Crippen LogP contribution in [0.1, 0.15) is 44.7 Å². The molecule has 1 aromatic rings. The van der Waals surface area contributed by atoms with Gasteiger partial charge in [-0.15, -0.1) is 0 Å². The number of piperidine rings is 1. The first-order chi connectivity index (χ1) is 11.4. The average molecular weight is 329 g/mol. The molecular weight excluding hydrogens is 310 g/mol. The summed E-state index contributed by atoms with van der Waals surface area (Å²) in [5, 5.41) is 2.24. The number of fused-ring (bicyclic) bond motifs is 1. The molecule has 1 N–H and O–H groups in total. The second-order valence-corrected chi connectivity index (χ2v) is 6.38. The predicted octanol–water partition coefficient (Wildman–Crippen LogP) is 0.322. The van der Waals surface area contributed by atoms with Gasteiger partial charge in [-0.2, -0.15) is 0 Å². The third-order valence-corrected chi connectivity index (χ3v) is 4.61. The van der Waals surface area contributed by atoms with Gasteiger partial charge >= 0.3 is 0 Å². The van der Waals surface area contributed by atoms with Crippen molar-refractivity contribution in [2.75, 3.05) is 14.1 Å². The van der Waals surface area contributed by atoms with Gasteiger partial charge in [-0.05, 0) is 36.7 Å². The van der Waals surface area contributed by atoms with Gasteiger partial charge in [0.15, 0.2) is 6.29 Å². The van der Waals surface area contributed by atoms with Gasteiger partial charge in [0.05, 0.1) is 5.56 Å². The number of aldehydes is 1. The van der Waals surface area contributed by atoms with Crippen LogP contribution in [0.3, 0.4) is 0 Å². The second kappa shape index (κ2) is 6.16. The number of amides is 3. The number of benzene rings is 1. The maximum Gasteiger partial charge on any atom is 0.255 e. The molecule has 0 spiro atoms. The van der Waals surface area contributed by atoms with E-state index in [1.54, 1.807) is 12.1 Å². The Kier molecular flexibility index (Phi) is 4.19. The summed E-state index contributed by atoms with van der Waals surface area (Å²) in [6.45, 7) is 1.46. The zero-order valence-electron chi connectivity index (χ0n) is 13.7. The molecule has 2 aliphatic heterocycles. The molecule has 7 nitrogen and oxygen atoms in total. The van der Waals surface area contributed by atoms with Gasteiger partial charge in [-0.1, -0.05) is 0 Å². The van der Waals surface area contributed by atoms with E-state index in [1.807, 2.05) is 7.05 Å². The molecule has 1 fully saturated rings. The van der Waals surface area contributed by atoms with E-state index in [9.17, 15) is 19.2 Å². The molecule has 3 amide bonds. The zero-order valence-corrected chi connectivity index (χ0v) is 13.7. The van der Waals surface area contributed by atoms with Crippen LogP contribution >= 0.6 is 0 Å². The fraction of sp³-hybridized carbons (Fsp3) is 0.412. The van der Waals surface area contributed by atoms with Crippen molar-refractivity contribution in [2.45, 2.75) is 32.0 Å². The Hall–Kier alpha value is -2.54. The molecule has 1 atom stereocenters. The molecule has 126 valence electrons. The second-order valence-electron chi connectivity index (χ2n) is 6.38. The largest absolute Gasteiger partial charge is 0.330 e. The molecule has 0 aliphatic carbocycles. The minimum absolute atomic E-state index is 0.198. The number of likely N-dealkylation sites (N-methyl/N-ethyl adjacent to an activating group) is 1. The van der Waals surface area contributed by atoms with Crippen LogP contribution in [0.15, 0.2) is 12.1 Å². The Morgan fingerprint density at radius 2 is 1.96 bits per heavy atom. The van der Waals surface area contributed by atoms with E-state index < -0.39 is 11.9 Å². The predicted molar refractivity (Wildman–Crippen MR) is 85.3 cm³/mol. The van der Waals surface area contributed by atoms with Gasteiger partial charge < -0.3 is 4.90 Å². The highest BCUT2D eigenvalue weighted by atomic mass is 16.2. The summed E-state index contributed by atoms with van der Waals surface area (Å²) < 4.78 is 0. The number of nitrogens with one attached hydrogen (secondary N) is 1. The monoisotopic (exact) mass is 329 g/mol. The van der Waals surface area contributed by atoms with Gasteiger partial charge in [0.25, 0.3) is 5.91 Å². The van der Waals surface area contributed by atoms with Crippen LogP contribution in [0.2, 0.25) is 0 Å². The third kappa shape index (κ3) is 2.82. The smallest absolute Gasteiger partial charge is 0.255 e. The van der Waals surface area contributed by atoms with Crippen LogP contribution in [0.5, 0.6) is 0 Å². The van der Waals surface area contributed by atoms with Crippen molar-refractivity contribution >= 4 is 24.0 Å². The molecule has 1 unspecified atom stereocenters. The van der Waals surface area contributed by atoms with Gasteiger partial charge in [-0.3, -0.25) is 29.4 Å². The molecule has 2 aliphatic rings. The van der Waals surface area contributed by atoms with Crippen molar-refractivity contribution in [1.82, 2.24) is 15.1 Å². The van der Waals surface area contributed by atoms with E-state index in [4.69, 9.17) is 0 Å². The highest BCUT2D eigenvalue weighted by Gasteiger charge is 2.33. The lowest BCUT2D eigenvalue weighted by Crippen LogP contribution is -2.53.